The Morgan fingerprint density at radius 1 is 1.43 bits per heavy atom. The lowest BCUT2D eigenvalue weighted by Gasteiger charge is -2.16. The van der Waals surface area contributed by atoms with Crippen LogP contribution in [0.15, 0.2) is 12.3 Å². The first-order valence-corrected chi connectivity index (χ1v) is 4.93. The fourth-order valence-electron chi connectivity index (χ4n) is 1.47. The summed E-state index contributed by atoms with van der Waals surface area (Å²) >= 11 is 0. The van der Waals surface area contributed by atoms with E-state index in [1.165, 1.54) is 0 Å². The fourth-order valence-corrected chi connectivity index (χ4v) is 1.47. The van der Waals surface area contributed by atoms with Gasteiger partial charge in [0.2, 0.25) is 5.95 Å². The average Bonchev–Trinajstić information content (AvgIpc) is 2.01. The zero-order valence-electron chi connectivity index (χ0n) is 8.99. The number of nitrogen functional groups attached to an aromatic ring is 1. The molecular formula is C10H18N4. The smallest absolute Gasteiger partial charge is 0.221 e. The summed E-state index contributed by atoms with van der Waals surface area (Å²) < 4.78 is 0. The van der Waals surface area contributed by atoms with Gasteiger partial charge in [0.25, 0.3) is 0 Å². The largest absolute Gasteiger partial charge is 0.368 e. The highest BCUT2D eigenvalue weighted by molar-refractivity contribution is 5.38. The van der Waals surface area contributed by atoms with Gasteiger partial charge in [-0.15, -0.1) is 0 Å². The zero-order valence-corrected chi connectivity index (χ0v) is 8.99. The van der Waals surface area contributed by atoms with Gasteiger partial charge in [-0.1, -0.05) is 13.8 Å². The molecule has 0 saturated heterocycles. The van der Waals surface area contributed by atoms with Gasteiger partial charge in [-0.05, 0) is 25.3 Å². The highest BCUT2D eigenvalue weighted by Gasteiger charge is 2.05. The minimum absolute atomic E-state index is 0.312. The lowest BCUT2D eigenvalue weighted by Crippen LogP contribution is -2.18. The molecule has 0 amide bonds. The van der Waals surface area contributed by atoms with Gasteiger partial charge in [-0.2, -0.15) is 4.98 Å². The van der Waals surface area contributed by atoms with Gasteiger partial charge in [-0.25, -0.2) is 4.98 Å². The molecule has 0 aliphatic carbocycles. The number of nitrogens with two attached hydrogens (primary N) is 1. The Balaban J connectivity index is 2.51. The Bertz CT molecular complexity index is 285. The maximum Gasteiger partial charge on any atom is 0.221 e. The Labute approximate surface area is 85.0 Å². The molecule has 0 aromatic carbocycles. The maximum absolute atomic E-state index is 5.47. The molecule has 78 valence electrons. The third-order valence-electron chi connectivity index (χ3n) is 1.89. The number of nitrogens with one attached hydrogen (secondary N) is 1. The fraction of sp³-hybridized carbons (Fsp3) is 0.600. The highest BCUT2D eigenvalue weighted by Crippen LogP contribution is 2.10. The second-order valence-electron chi connectivity index (χ2n) is 3.98. The minimum atomic E-state index is 0.312. The van der Waals surface area contributed by atoms with Crippen molar-refractivity contribution in [2.45, 2.75) is 33.2 Å². The second-order valence-corrected chi connectivity index (χ2v) is 3.98. The molecule has 14 heavy (non-hydrogen) atoms. The van der Waals surface area contributed by atoms with Gasteiger partial charge in [0.05, 0.1) is 0 Å². The summed E-state index contributed by atoms with van der Waals surface area (Å²) in [7, 11) is 0. The summed E-state index contributed by atoms with van der Waals surface area (Å²) in [6, 6.07) is 2.23. The van der Waals surface area contributed by atoms with Gasteiger partial charge in [0, 0.05) is 12.2 Å². The minimum Gasteiger partial charge on any atom is -0.368 e. The average molecular weight is 194 g/mol. The molecule has 0 fully saturated rings. The third-order valence-corrected chi connectivity index (χ3v) is 1.89. The predicted octanol–water partition coefficient (Wildman–Crippen LogP) is 1.91. The molecule has 1 heterocycles. The van der Waals surface area contributed by atoms with E-state index in [0.29, 0.717) is 17.9 Å². The molecule has 0 aliphatic rings. The Morgan fingerprint density at radius 3 is 2.71 bits per heavy atom. The Morgan fingerprint density at radius 2 is 2.14 bits per heavy atom. The highest BCUT2D eigenvalue weighted by atomic mass is 15.1. The molecule has 0 saturated carbocycles. The van der Waals surface area contributed by atoms with Crippen molar-refractivity contribution in [2.75, 3.05) is 11.1 Å². The van der Waals surface area contributed by atoms with E-state index in [4.69, 9.17) is 5.73 Å². The standard InChI is InChI=1S/C10H18N4/c1-7(2)6-8(3)13-9-4-5-12-10(11)14-9/h4-5,7-8H,6H2,1-3H3,(H3,11,12,13,14). The van der Waals surface area contributed by atoms with E-state index in [1.54, 1.807) is 6.20 Å². The molecular weight excluding hydrogens is 176 g/mol. The molecule has 0 spiro atoms. The Kier molecular flexibility index (Phi) is 3.68. The monoisotopic (exact) mass is 194 g/mol. The van der Waals surface area contributed by atoms with Crippen LogP contribution in [-0.4, -0.2) is 16.0 Å². The number of nitrogens with zero attached hydrogens (tertiary/aromatic N) is 2. The van der Waals surface area contributed by atoms with Crippen LogP contribution in [0.1, 0.15) is 27.2 Å². The van der Waals surface area contributed by atoms with Gasteiger partial charge < -0.3 is 11.1 Å². The van der Waals surface area contributed by atoms with Crippen LogP contribution < -0.4 is 11.1 Å². The van der Waals surface area contributed by atoms with E-state index in [2.05, 4.69) is 36.1 Å². The second kappa shape index (κ2) is 4.79. The van der Waals surface area contributed by atoms with Gasteiger partial charge in [0.1, 0.15) is 5.82 Å². The predicted molar refractivity (Wildman–Crippen MR) is 59.0 cm³/mol. The van der Waals surface area contributed by atoms with Crippen molar-refractivity contribution in [1.82, 2.24) is 9.97 Å². The third kappa shape index (κ3) is 3.60. The van der Waals surface area contributed by atoms with Crippen molar-refractivity contribution in [2.24, 2.45) is 5.92 Å². The summed E-state index contributed by atoms with van der Waals surface area (Å²) in [6.45, 7) is 6.54. The SMILES string of the molecule is CC(C)CC(C)Nc1ccnc(N)n1. The molecule has 1 rings (SSSR count). The summed E-state index contributed by atoms with van der Waals surface area (Å²) in [5, 5.41) is 3.28. The van der Waals surface area contributed by atoms with Gasteiger partial charge in [-0.3, -0.25) is 0 Å². The number of anilines is 2. The van der Waals surface area contributed by atoms with E-state index >= 15 is 0 Å². The molecule has 4 heteroatoms. The van der Waals surface area contributed by atoms with Crippen LogP contribution in [0.2, 0.25) is 0 Å². The van der Waals surface area contributed by atoms with Crippen molar-refractivity contribution in [1.29, 1.82) is 0 Å². The molecule has 1 unspecified atom stereocenters. The van der Waals surface area contributed by atoms with E-state index in [9.17, 15) is 0 Å². The van der Waals surface area contributed by atoms with E-state index in [0.717, 1.165) is 12.2 Å². The van der Waals surface area contributed by atoms with Gasteiger partial charge in [0.15, 0.2) is 0 Å². The van der Waals surface area contributed by atoms with Crippen LogP contribution in [-0.2, 0) is 0 Å². The molecule has 0 aliphatic heterocycles. The quantitative estimate of drug-likeness (QED) is 0.768. The first kappa shape index (κ1) is 10.8. The first-order chi connectivity index (χ1) is 6.58. The summed E-state index contributed by atoms with van der Waals surface area (Å²) in [6.07, 6.45) is 2.77. The van der Waals surface area contributed by atoms with Crippen molar-refractivity contribution in [3.05, 3.63) is 12.3 Å². The van der Waals surface area contributed by atoms with Crippen LogP contribution in [0.3, 0.4) is 0 Å². The normalized spacial score (nSPS) is 12.9. The molecule has 1 aromatic heterocycles. The number of hydrogen-bond acceptors (Lipinski definition) is 4. The van der Waals surface area contributed by atoms with Crippen molar-refractivity contribution < 1.29 is 0 Å². The molecule has 4 nitrogen and oxygen atoms in total. The summed E-state index contributed by atoms with van der Waals surface area (Å²) in [4.78, 5) is 7.91. The van der Waals surface area contributed by atoms with Crippen LogP contribution >= 0.6 is 0 Å². The Hall–Kier alpha value is -1.32. The number of hydrogen-bond donors (Lipinski definition) is 2. The van der Waals surface area contributed by atoms with Crippen molar-refractivity contribution in [3.63, 3.8) is 0 Å². The van der Waals surface area contributed by atoms with Crippen molar-refractivity contribution in [3.8, 4) is 0 Å². The molecule has 0 bridgehead atoms. The molecule has 1 atom stereocenters. The topological polar surface area (TPSA) is 63.8 Å². The maximum atomic E-state index is 5.47. The first-order valence-electron chi connectivity index (χ1n) is 4.93. The lowest BCUT2D eigenvalue weighted by molar-refractivity contribution is 0.539. The molecule has 3 N–H and O–H groups in total. The van der Waals surface area contributed by atoms with E-state index in [1.807, 2.05) is 6.07 Å². The van der Waals surface area contributed by atoms with Gasteiger partial charge >= 0.3 is 0 Å². The summed E-state index contributed by atoms with van der Waals surface area (Å²) in [5.74, 6) is 1.79. The van der Waals surface area contributed by atoms with E-state index in [-0.39, 0.29) is 0 Å². The molecule has 0 radical (unpaired) electrons. The van der Waals surface area contributed by atoms with Crippen LogP contribution in [0.5, 0.6) is 0 Å². The lowest BCUT2D eigenvalue weighted by atomic mass is 10.1. The van der Waals surface area contributed by atoms with Crippen LogP contribution in [0.4, 0.5) is 11.8 Å². The van der Waals surface area contributed by atoms with Crippen molar-refractivity contribution >= 4 is 11.8 Å². The van der Waals surface area contributed by atoms with E-state index < -0.39 is 0 Å². The number of aromatic nitrogens is 2. The van der Waals surface area contributed by atoms with Crippen LogP contribution in [0.25, 0.3) is 0 Å². The van der Waals surface area contributed by atoms with Crippen LogP contribution in [0, 0.1) is 5.92 Å². The zero-order chi connectivity index (χ0) is 10.6. The number of rotatable bonds is 4. The molecule has 1 aromatic rings. The summed E-state index contributed by atoms with van der Waals surface area (Å²) in [5.41, 5.74) is 5.47.